The summed E-state index contributed by atoms with van der Waals surface area (Å²) in [5.41, 5.74) is 0. The van der Waals surface area contributed by atoms with Gasteiger partial charge in [0.2, 0.25) is 0 Å². The fraction of sp³-hybridized carbons (Fsp3) is 1.00. The lowest BCUT2D eigenvalue weighted by molar-refractivity contribution is -0.941. The molecule has 0 radical (unpaired) electrons. The first-order valence-electron chi connectivity index (χ1n) is 10.2. The summed E-state index contributed by atoms with van der Waals surface area (Å²) in [5, 5.41) is 0. The van der Waals surface area contributed by atoms with Crippen molar-refractivity contribution in [3.8, 4) is 0 Å². The lowest BCUT2D eigenvalue weighted by atomic mass is 9.77. The van der Waals surface area contributed by atoms with E-state index in [1.54, 1.807) is 0 Å². The Morgan fingerprint density at radius 1 is 0.682 bits per heavy atom. The second-order valence-corrected chi connectivity index (χ2v) is 8.72. The summed E-state index contributed by atoms with van der Waals surface area (Å²) in [4.78, 5) is 0. The van der Waals surface area contributed by atoms with Gasteiger partial charge in [0, 0.05) is 5.92 Å². The minimum Gasteiger partial charge on any atom is -0.326 e. The first-order valence-corrected chi connectivity index (χ1v) is 10.2. The smallest absolute Gasteiger partial charge is 0.0916 e. The van der Waals surface area contributed by atoms with Crippen molar-refractivity contribution in [2.45, 2.75) is 77.7 Å². The summed E-state index contributed by atoms with van der Waals surface area (Å²) in [6.45, 7) is 11.6. The highest BCUT2D eigenvalue weighted by atomic mass is 15.4. The molecule has 2 aliphatic heterocycles. The minimum atomic E-state index is 1.02. The Kier molecular flexibility index (Phi) is 6.76. The highest BCUT2D eigenvalue weighted by molar-refractivity contribution is 4.79. The van der Waals surface area contributed by atoms with Crippen LogP contribution in [-0.2, 0) is 0 Å². The van der Waals surface area contributed by atoms with Gasteiger partial charge >= 0.3 is 0 Å². The molecule has 22 heavy (non-hydrogen) atoms. The first kappa shape index (κ1) is 18.3. The molecule has 0 amide bonds. The fourth-order valence-electron chi connectivity index (χ4n) is 5.21. The van der Waals surface area contributed by atoms with Crippen molar-refractivity contribution >= 4 is 0 Å². The van der Waals surface area contributed by atoms with Crippen molar-refractivity contribution in [3.05, 3.63) is 0 Å². The van der Waals surface area contributed by atoms with Gasteiger partial charge in [0.05, 0.1) is 52.9 Å². The Bertz CT molecular complexity index is 320. The second kappa shape index (κ2) is 8.15. The van der Waals surface area contributed by atoms with E-state index in [1.807, 2.05) is 0 Å². The van der Waals surface area contributed by atoms with Crippen LogP contribution in [0, 0.1) is 5.92 Å². The molecule has 0 N–H and O–H groups in total. The molecule has 0 spiro atoms. The van der Waals surface area contributed by atoms with E-state index in [0.29, 0.717) is 0 Å². The largest absolute Gasteiger partial charge is 0.326 e. The highest BCUT2D eigenvalue weighted by Gasteiger charge is 2.41. The predicted molar refractivity (Wildman–Crippen MR) is 96.9 cm³/mol. The highest BCUT2D eigenvalue weighted by Crippen LogP contribution is 2.38. The van der Waals surface area contributed by atoms with Gasteiger partial charge in [-0.3, -0.25) is 0 Å². The molecular weight excluding hydrogens is 268 g/mol. The molecule has 3 rings (SSSR count). The van der Waals surface area contributed by atoms with Crippen LogP contribution in [0.5, 0.6) is 0 Å². The van der Waals surface area contributed by atoms with E-state index >= 15 is 0 Å². The van der Waals surface area contributed by atoms with E-state index < -0.39 is 0 Å². The molecule has 3 fully saturated rings. The quantitative estimate of drug-likeness (QED) is 0.661. The van der Waals surface area contributed by atoms with E-state index in [1.165, 1.54) is 99.5 Å². The number of quaternary nitrogens is 2. The summed E-state index contributed by atoms with van der Waals surface area (Å²) in [7, 11) is 4.86. The average molecular weight is 311 g/mol. The van der Waals surface area contributed by atoms with Gasteiger partial charge in [-0.05, 0) is 65.2 Å². The third-order valence-corrected chi connectivity index (χ3v) is 7.30. The van der Waals surface area contributed by atoms with Gasteiger partial charge < -0.3 is 8.97 Å². The van der Waals surface area contributed by atoms with E-state index in [0.717, 1.165) is 12.0 Å². The van der Waals surface area contributed by atoms with E-state index in [-0.39, 0.29) is 0 Å². The van der Waals surface area contributed by atoms with E-state index in [4.69, 9.17) is 0 Å². The SMILES string of the molecule is CC[N+]1(C)CCCC2CCCCC21.CC[N+]1(C)CCCCC1. The molecule has 0 bridgehead atoms. The predicted octanol–water partition coefficient (Wildman–Crippen LogP) is 4.44. The molecule has 2 nitrogen and oxygen atoms in total. The molecule has 0 aromatic carbocycles. The normalized spacial score (nSPS) is 37.6. The topological polar surface area (TPSA) is 0 Å². The first-order chi connectivity index (χ1) is 10.5. The van der Waals surface area contributed by atoms with Crippen molar-refractivity contribution in [1.29, 1.82) is 0 Å². The molecule has 3 aliphatic rings. The zero-order valence-electron chi connectivity index (χ0n) is 15.9. The Labute approximate surface area is 140 Å². The summed E-state index contributed by atoms with van der Waals surface area (Å²) in [6, 6.07) is 1.02. The van der Waals surface area contributed by atoms with Gasteiger partial charge in [0.15, 0.2) is 0 Å². The number of rotatable bonds is 2. The van der Waals surface area contributed by atoms with Crippen LogP contribution in [0.3, 0.4) is 0 Å². The van der Waals surface area contributed by atoms with Crippen LogP contribution >= 0.6 is 0 Å². The summed E-state index contributed by atoms with van der Waals surface area (Å²) < 4.78 is 2.70. The van der Waals surface area contributed by atoms with Gasteiger partial charge in [-0.15, -0.1) is 0 Å². The van der Waals surface area contributed by atoms with Crippen LogP contribution in [0.25, 0.3) is 0 Å². The zero-order chi connectivity index (χ0) is 16.1. The average Bonchev–Trinajstić information content (AvgIpc) is 2.57. The molecule has 0 aromatic heterocycles. The Balaban J connectivity index is 0.000000172. The van der Waals surface area contributed by atoms with Gasteiger partial charge in [-0.25, -0.2) is 0 Å². The molecule has 2 heterocycles. The maximum Gasteiger partial charge on any atom is 0.0916 e. The van der Waals surface area contributed by atoms with Crippen molar-refractivity contribution in [2.75, 3.05) is 46.8 Å². The van der Waals surface area contributed by atoms with Crippen LogP contribution in [0.2, 0.25) is 0 Å². The number of piperidine rings is 2. The molecule has 3 unspecified atom stereocenters. The van der Waals surface area contributed by atoms with Crippen LogP contribution < -0.4 is 0 Å². The summed E-state index contributed by atoms with van der Waals surface area (Å²) in [6.07, 6.45) is 13.4. The Morgan fingerprint density at radius 2 is 1.32 bits per heavy atom. The number of hydrogen-bond donors (Lipinski definition) is 0. The van der Waals surface area contributed by atoms with E-state index in [9.17, 15) is 0 Å². The van der Waals surface area contributed by atoms with Crippen molar-refractivity contribution in [3.63, 3.8) is 0 Å². The molecule has 2 saturated heterocycles. The fourth-order valence-corrected chi connectivity index (χ4v) is 5.21. The summed E-state index contributed by atoms with van der Waals surface area (Å²) in [5.74, 6) is 1.08. The van der Waals surface area contributed by atoms with Crippen LogP contribution in [-0.4, -0.2) is 61.8 Å². The Morgan fingerprint density at radius 3 is 1.91 bits per heavy atom. The second-order valence-electron chi connectivity index (χ2n) is 8.72. The van der Waals surface area contributed by atoms with Crippen LogP contribution in [0.4, 0.5) is 0 Å². The number of fused-ring (bicyclic) bond motifs is 1. The van der Waals surface area contributed by atoms with Gasteiger partial charge in [0.1, 0.15) is 0 Å². The maximum atomic E-state index is 2.49. The molecule has 3 atom stereocenters. The molecular formula is C20H42N2+2. The molecule has 2 heteroatoms. The maximum absolute atomic E-state index is 2.49. The van der Waals surface area contributed by atoms with Gasteiger partial charge in [-0.1, -0.05) is 6.42 Å². The zero-order valence-corrected chi connectivity index (χ0v) is 15.9. The van der Waals surface area contributed by atoms with E-state index in [2.05, 4.69) is 27.9 Å². The van der Waals surface area contributed by atoms with Crippen molar-refractivity contribution in [1.82, 2.24) is 0 Å². The number of hydrogen-bond acceptors (Lipinski definition) is 0. The van der Waals surface area contributed by atoms with Crippen molar-refractivity contribution in [2.24, 2.45) is 5.92 Å². The monoisotopic (exact) mass is 310 g/mol. The molecule has 130 valence electrons. The number of likely N-dealkylation sites (tertiary alicyclic amines) is 2. The van der Waals surface area contributed by atoms with Crippen LogP contribution in [0.1, 0.15) is 71.6 Å². The standard InChI is InChI=1S/C12H24N.C8H18N/c1-3-13(2)10-6-8-11-7-4-5-9-12(11)13;1-3-9(2)7-5-4-6-8-9/h11-12H,3-10H2,1-2H3;3-8H2,1-2H3/q2*+1. The lowest BCUT2D eigenvalue weighted by Gasteiger charge is -2.50. The minimum absolute atomic E-state index is 1.02. The lowest BCUT2D eigenvalue weighted by Crippen LogP contribution is -2.59. The number of nitrogens with zero attached hydrogens (tertiary/aromatic N) is 2. The third-order valence-electron chi connectivity index (χ3n) is 7.30. The van der Waals surface area contributed by atoms with Gasteiger partial charge in [-0.2, -0.15) is 0 Å². The molecule has 1 saturated carbocycles. The van der Waals surface area contributed by atoms with Crippen molar-refractivity contribution < 1.29 is 8.97 Å². The Hall–Kier alpha value is -0.0800. The molecule has 0 aromatic rings. The third kappa shape index (κ3) is 4.47. The summed E-state index contributed by atoms with van der Waals surface area (Å²) >= 11 is 0. The van der Waals surface area contributed by atoms with Crippen LogP contribution in [0.15, 0.2) is 0 Å². The van der Waals surface area contributed by atoms with Gasteiger partial charge in [0.25, 0.3) is 0 Å². The molecule has 1 aliphatic carbocycles.